The van der Waals surface area contributed by atoms with Gasteiger partial charge >= 0.3 is 0 Å². The van der Waals surface area contributed by atoms with Crippen molar-refractivity contribution < 1.29 is 0 Å². The predicted octanol–water partition coefficient (Wildman–Crippen LogP) is 7.73. The summed E-state index contributed by atoms with van der Waals surface area (Å²) in [4.78, 5) is 0. The lowest BCUT2D eigenvalue weighted by Crippen LogP contribution is -2.58. The molecule has 5 rings (SSSR count). The molecule has 5 aromatic rings. The fourth-order valence-electron chi connectivity index (χ4n) is 8.37. The van der Waals surface area contributed by atoms with Crippen LogP contribution in [0.4, 0.5) is 0 Å². The summed E-state index contributed by atoms with van der Waals surface area (Å²) in [6.45, 7) is 26.5. The van der Waals surface area contributed by atoms with Gasteiger partial charge in [-0.05, 0) is 105 Å². The maximum atomic E-state index is 6.97. The number of hydrogen-bond acceptors (Lipinski definition) is 0. The van der Waals surface area contributed by atoms with Crippen LogP contribution in [0.3, 0.4) is 0 Å². The number of rotatable bonds is 6. The molecule has 0 N–H and O–H groups in total. The Labute approximate surface area is 288 Å². The third-order valence-corrected chi connectivity index (χ3v) is 11.3. The van der Waals surface area contributed by atoms with E-state index < -0.39 is 0 Å². The Hall–Kier alpha value is -3.19. The van der Waals surface area contributed by atoms with E-state index in [0.29, 0.717) is 0 Å². The van der Waals surface area contributed by atoms with E-state index in [4.69, 9.17) is 23.2 Å². The van der Waals surface area contributed by atoms with Gasteiger partial charge in [-0.1, -0.05) is 161 Å². The lowest BCUT2D eigenvalue weighted by atomic mass is 9.32. The van der Waals surface area contributed by atoms with Crippen molar-refractivity contribution >= 4 is 69.4 Å². The molecule has 0 fully saturated rings. The molecule has 0 nitrogen and oxygen atoms in total. The van der Waals surface area contributed by atoms with Crippen LogP contribution >= 0.6 is 23.2 Å². The smallest absolute Gasteiger partial charge is 0.0838 e. The summed E-state index contributed by atoms with van der Waals surface area (Å²) in [7, 11) is 0. The highest BCUT2D eigenvalue weighted by atomic mass is 35.5. The van der Waals surface area contributed by atoms with Crippen molar-refractivity contribution in [3.63, 3.8) is 0 Å². The number of hydrogen-bond donors (Lipinski definition) is 0. The van der Waals surface area contributed by atoms with Gasteiger partial charge in [0.2, 0.25) is 13.4 Å². The minimum absolute atomic E-state index is 0.00519. The minimum atomic E-state index is -0.00519. The van der Waals surface area contributed by atoms with Crippen LogP contribution < -0.4 is 32.8 Å². The maximum absolute atomic E-state index is 6.97. The van der Waals surface area contributed by atoms with Gasteiger partial charge in [0.1, 0.15) is 0 Å². The summed E-state index contributed by atoms with van der Waals surface area (Å²) < 4.78 is 0. The average molecular weight is 643 g/mol. The first-order chi connectivity index (χ1) is 21.6. The van der Waals surface area contributed by atoms with E-state index in [0.717, 1.165) is 32.3 Å². The van der Waals surface area contributed by atoms with Crippen molar-refractivity contribution in [2.45, 2.75) is 83.1 Å². The van der Waals surface area contributed by atoms with Crippen molar-refractivity contribution in [3.8, 4) is 0 Å². The molecule has 0 bridgehead atoms. The van der Waals surface area contributed by atoms with Gasteiger partial charge in [0.05, 0.1) is 0 Å². The van der Waals surface area contributed by atoms with Gasteiger partial charge in [-0.2, -0.15) is 0 Å². The SMILES string of the molecule is Cc1cc(C)c(B(c2ccc(B(c3c(C)cc(C)c(Cl)c3C)c3c(C)cc(C)c(Cl)c3C)cc2)c2c(C)cc(C)cc2C)c(C)c1. The zero-order chi connectivity index (χ0) is 33.8. The molecule has 5 aromatic carbocycles. The Morgan fingerprint density at radius 2 is 0.609 bits per heavy atom. The second-order valence-electron chi connectivity index (χ2n) is 13.9. The lowest BCUT2D eigenvalue weighted by molar-refractivity contribution is 1.33. The monoisotopic (exact) mass is 642 g/mol. The van der Waals surface area contributed by atoms with Crippen molar-refractivity contribution in [2.75, 3.05) is 0 Å². The summed E-state index contributed by atoms with van der Waals surface area (Å²) in [5.74, 6) is 0. The van der Waals surface area contributed by atoms with Gasteiger partial charge in [0.15, 0.2) is 0 Å². The lowest BCUT2D eigenvalue weighted by Gasteiger charge is -2.27. The van der Waals surface area contributed by atoms with Crippen LogP contribution in [-0.4, -0.2) is 13.4 Å². The van der Waals surface area contributed by atoms with E-state index in [2.05, 4.69) is 144 Å². The Kier molecular flexibility index (Phi) is 9.75. The fraction of sp³-hybridized carbons (Fsp3) is 0.286. The molecule has 4 heteroatoms. The van der Waals surface area contributed by atoms with Gasteiger partial charge in [-0.25, -0.2) is 0 Å². The van der Waals surface area contributed by atoms with E-state index in [1.165, 1.54) is 77.3 Å². The van der Waals surface area contributed by atoms with E-state index in [1.54, 1.807) is 0 Å². The minimum Gasteiger partial charge on any atom is -0.0838 e. The topological polar surface area (TPSA) is 0 Å². The standard InChI is InChI=1S/C42H46B2Cl2/c1-23-17-25(3)37(26(4)18-23)43(38-27(5)19-24(2)20-28(38)6)35-13-15-36(16-14-35)44(39-29(7)21-31(9)41(45)33(39)11)40-30(8)22-32(10)42(46)34(40)12/h13-22H,1-12H3. The Bertz CT molecular complexity index is 1820. The zero-order valence-corrected chi connectivity index (χ0v) is 31.2. The summed E-state index contributed by atoms with van der Waals surface area (Å²) in [5, 5.41) is 1.68. The fourth-order valence-corrected chi connectivity index (χ4v) is 8.68. The van der Waals surface area contributed by atoms with E-state index in [1.807, 2.05) is 0 Å². The first-order valence-corrected chi connectivity index (χ1v) is 17.2. The highest BCUT2D eigenvalue weighted by Crippen LogP contribution is 2.24. The summed E-state index contributed by atoms with van der Waals surface area (Å²) in [6, 6.07) is 23.2. The maximum Gasteiger partial charge on any atom is 0.242 e. The Morgan fingerprint density at radius 3 is 0.913 bits per heavy atom. The third kappa shape index (κ3) is 6.12. The van der Waals surface area contributed by atoms with Crippen LogP contribution in [0.5, 0.6) is 0 Å². The Morgan fingerprint density at radius 1 is 0.348 bits per heavy atom. The molecule has 0 saturated carbocycles. The largest absolute Gasteiger partial charge is 0.242 e. The van der Waals surface area contributed by atoms with E-state index in [9.17, 15) is 0 Å². The first kappa shape index (κ1) is 34.2. The van der Waals surface area contributed by atoms with Gasteiger partial charge in [-0.3, -0.25) is 0 Å². The second-order valence-corrected chi connectivity index (χ2v) is 14.6. The predicted molar refractivity (Wildman–Crippen MR) is 208 cm³/mol. The van der Waals surface area contributed by atoms with Crippen molar-refractivity contribution in [3.05, 3.63) is 137 Å². The number of aryl methyl sites for hydroxylation is 10. The quantitative estimate of drug-likeness (QED) is 0.166. The van der Waals surface area contributed by atoms with E-state index >= 15 is 0 Å². The molecule has 0 amide bonds. The van der Waals surface area contributed by atoms with Gasteiger partial charge in [0, 0.05) is 10.0 Å². The van der Waals surface area contributed by atoms with Crippen molar-refractivity contribution in [2.24, 2.45) is 0 Å². The molecular formula is C42H46B2Cl2. The molecule has 0 heterocycles. The van der Waals surface area contributed by atoms with Gasteiger partial charge in [0.25, 0.3) is 0 Å². The molecule has 0 unspecified atom stereocenters. The molecule has 0 aliphatic rings. The highest BCUT2D eigenvalue weighted by Gasteiger charge is 2.32. The van der Waals surface area contributed by atoms with Gasteiger partial charge in [-0.15, -0.1) is 0 Å². The first-order valence-electron chi connectivity index (χ1n) is 16.4. The molecule has 0 aromatic heterocycles. The Balaban J connectivity index is 1.79. The van der Waals surface area contributed by atoms with Crippen LogP contribution in [0.2, 0.25) is 10.0 Å². The van der Waals surface area contributed by atoms with Crippen molar-refractivity contribution in [1.29, 1.82) is 0 Å². The van der Waals surface area contributed by atoms with Crippen LogP contribution in [0, 0.1) is 83.1 Å². The molecular weight excluding hydrogens is 597 g/mol. The third-order valence-electron chi connectivity index (χ3n) is 10.1. The normalized spacial score (nSPS) is 11.3. The average Bonchev–Trinajstić information content (AvgIpc) is 2.96. The molecule has 0 saturated heterocycles. The molecule has 0 atom stereocenters. The number of benzene rings is 5. The highest BCUT2D eigenvalue weighted by molar-refractivity contribution is 6.98. The van der Waals surface area contributed by atoms with Crippen LogP contribution in [-0.2, 0) is 0 Å². The summed E-state index contributed by atoms with van der Waals surface area (Å²) in [5.41, 5.74) is 22.8. The molecule has 0 spiro atoms. The van der Waals surface area contributed by atoms with Crippen LogP contribution in [0.15, 0.2) is 60.7 Å². The molecule has 46 heavy (non-hydrogen) atoms. The molecule has 0 radical (unpaired) electrons. The van der Waals surface area contributed by atoms with Crippen LogP contribution in [0.25, 0.3) is 0 Å². The van der Waals surface area contributed by atoms with Crippen LogP contribution in [0.1, 0.15) is 66.8 Å². The number of halogens is 2. The summed E-state index contributed by atoms with van der Waals surface area (Å²) in [6.07, 6.45) is 0. The van der Waals surface area contributed by atoms with Crippen molar-refractivity contribution in [1.82, 2.24) is 0 Å². The second kappa shape index (κ2) is 13.1. The molecule has 0 aliphatic carbocycles. The van der Waals surface area contributed by atoms with E-state index in [-0.39, 0.29) is 13.4 Å². The van der Waals surface area contributed by atoms with Gasteiger partial charge < -0.3 is 0 Å². The summed E-state index contributed by atoms with van der Waals surface area (Å²) >= 11 is 13.9. The molecule has 0 aliphatic heterocycles. The zero-order valence-electron chi connectivity index (χ0n) is 29.7. The molecule has 234 valence electrons.